The van der Waals surface area contributed by atoms with Crippen LogP contribution >= 0.6 is 0 Å². The van der Waals surface area contributed by atoms with Gasteiger partial charge in [0.2, 0.25) is 11.7 Å². The monoisotopic (exact) mass is 401 g/mol. The van der Waals surface area contributed by atoms with Crippen LogP contribution < -0.4 is 19.5 Å². The van der Waals surface area contributed by atoms with E-state index in [4.69, 9.17) is 14.2 Å². The lowest BCUT2D eigenvalue weighted by Crippen LogP contribution is -2.28. The van der Waals surface area contributed by atoms with Crippen LogP contribution in [0.3, 0.4) is 0 Å². The first kappa shape index (κ1) is 20.1. The summed E-state index contributed by atoms with van der Waals surface area (Å²) in [4.78, 5) is 13.4. The van der Waals surface area contributed by atoms with E-state index in [0.717, 1.165) is 5.56 Å². The number of hydrogen-bond donors (Lipinski definition) is 1. The second-order valence-corrected chi connectivity index (χ2v) is 5.95. The van der Waals surface area contributed by atoms with Gasteiger partial charge in [-0.2, -0.15) is 4.80 Å². The quantitative estimate of drug-likeness (QED) is 0.614. The maximum absolute atomic E-state index is 13.0. The number of carbonyl (C=O) groups is 1. The number of amides is 1. The Balaban J connectivity index is 1.64. The van der Waals surface area contributed by atoms with Crippen molar-refractivity contribution in [3.8, 4) is 28.6 Å². The van der Waals surface area contributed by atoms with Gasteiger partial charge in [0.25, 0.3) is 0 Å². The van der Waals surface area contributed by atoms with Crippen LogP contribution in [0.5, 0.6) is 17.2 Å². The Labute approximate surface area is 166 Å². The molecule has 10 heteroatoms. The molecule has 0 spiro atoms. The number of hydrogen-bond acceptors (Lipinski definition) is 7. The van der Waals surface area contributed by atoms with Gasteiger partial charge in [-0.05, 0) is 35.5 Å². The summed E-state index contributed by atoms with van der Waals surface area (Å²) in [6.07, 6.45) is 0. The number of tetrazole rings is 1. The zero-order chi connectivity index (χ0) is 20.8. The minimum atomic E-state index is -0.355. The summed E-state index contributed by atoms with van der Waals surface area (Å²) in [5, 5.41) is 14.7. The molecule has 0 saturated carbocycles. The molecule has 0 bridgehead atoms. The molecule has 0 aliphatic carbocycles. The molecular weight excluding hydrogens is 381 g/mol. The Morgan fingerprint density at radius 1 is 1.03 bits per heavy atom. The summed E-state index contributed by atoms with van der Waals surface area (Å²) in [7, 11) is 4.59. The molecular formula is C19H20FN5O4. The van der Waals surface area contributed by atoms with Crippen LogP contribution in [0.2, 0.25) is 0 Å². The van der Waals surface area contributed by atoms with Gasteiger partial charge in [0, 0.05) is 23.7 Å². The number of ether oxygens (including phenoxy) is 3. The molecule has 0 aliphatic heterocycles. The Hall–Kier alpha value is -3.69. The lowest BCUT2D eigenvalue weighted by molar-refractivity contribution is -0.122. The van der Waals surface area contributed by atoms with E-state index in [9.17, 15) is 9.18 Å². The maximum Gasteiger partial charge on any atom is 0.243 e. The summed E-state index contributed by atoms with van der Waals surface area (Å²) in [6, 6.07) is 9.12. The predicted molar refractivity (Wildman–Crippen MR) is 101 cm³/mol. The van der Waals surface area contributed by atoms with Crippen molar-refractivity contribution >= 4 is 5.91 Å². The van der Waals surface area contributed by atoms with Crippen LogP contribution in [-0.2, 0) is 17.9 Å². The van der Waals surface area contributed by atoms with E-state index in [1.807, 2.05) is 0 Å². The first-order valence-corrected chi connectivity index (χ1v) is 8.63. The molecule has 0 fully saturated rings. The van der Waals surface area contributed by atoms with Gasteiger partial charge < -0.3 is 19.5 Å². The van der Waals surface area contributed by atoms with Crippen molar-refractivity contribution in [2.75, 3.05) is 21.3 Å². The summed E-state index contributed by atoms with van der Waals surface area (Å²) in [5.74, 6) is 1.25. The van der Waals surface area contributed by atoms with Crippen molar-refractivity contribution in [1.82, 2.24) is 25.5 Å². The third-order valence-electron chi connectivity index (χ3n) is 4.10. The molecule has 1 N–H and O–H groups in total. The second-order valence-electron chi connectivity index (χ2n) is 5.95. The summed E-state index contributed by atoms with van der Waals surface area (Å²) in [5.41, 5.74) is 1.32. The fourth-order valence-corrected chi connectivity index (χ4v) is 2.63. The van der Waals surface area contributed by atoms with Crippen LogP contribution in [0.15, 0.2) is 36.4 Å². The van der Waals surface area contributed by atoms with Gasteiger partial charge in [0.15, 0.2) is 11.5 Å². The van der Waals surface area contributed by atoms with E-state index in [0.29, 0.717) is 28.6 Å². The van der Waals surface area contributed by atoms with E-state index >= 15 is 0 Å². The van der Waals surface area contributed by atoms with E-state index in [-0.39, 0.29) is 24.8 Å². The number of methoxy groups -OCH3 is 3. The zero-order valence-electron chi connectivity index (χ0n) is 16.2. The van der Waals surface area contributed by atoms with Crippen molar-refractivity contribution < 1.29 is 23.4 Å². The second kappa shape index (κ2) is 9.00. The number of rotatable bonds is 8. The number of nitrogens with one attached hydrogen (secondary N) is 1. The molecule has 9 nitrogen and oxygen atoms in total. The lowest BCUT2D eigenvalue weighted by atomic mass is 10.1. The smallest absolute Gasteiger partial charge is 0.243 e. The molecule has 0 aliphatic rings. The highest BCUT2D eigenvalue weighted by molar-refractivity contribution is 5.75. The van der Waals surface area contributed by atoms with Crippen molar-refractivity contribution in [3.05, 3.63) is 47.8 Å². The topological polar surface area (TPSA) is 100 Å². The highest BCUT2D eigenvalue weighted by atomic mass is 19.1. The predicted octanol–water partition coefficient (Wildman–Crippen LogP) is 1.82. The first-order chi connectivity index (χ1) is 14.0. The Bertz CT molecular complexity index is 991. The van der Waals surface area contributed by atoms with Crippen LogP contribution in [0.4, 0.5) is 4.39 Å². The van der Waals surface area contributed by atoms with Gasteiger partial charge in [-0.25, -0.2) is 4.39 Å². The van der Waals surface area contributed by atoms with Crippen molar-refractivity contribution in [1.29, 1.82) is 0 Å². The average Bonchev–Trinajstić information content (AvgIpc) is 3.20. The van der Waals surface area contributed by atoms with Crippen molar-refractivity contribution in [3.63, 3.8) is 0 Å². The number of halogens is 1. The normalized spacial score (nSPS) is 10.5. The zero-order valence-corrected chi connectivity index (χ0v) is 16.2. The average molecular weight is 401 g/mol. The molecule has 0 unspecified atom stereocenters. The number of nitrogens with zero attached hydrogens (tertiary/aromatic N) is 4. The summed E-state index contributed by atoms with van der Waals surface area (Å²) in [6.45, 7) is 0.0890. The highest BCUT2D eigenvalue weighted by Crippen LogP contribution is 2.34. The highest BCUT2D eigenvalue weighted by Gasteiger charge is 2.14. The van der Waals surface area contributed by atoms with Gasteiger partial charge in [0.1, 0.15) is 18.1 Å². The lowest BCUT2D eigenvalue weighted by Gasteiger charge is -2.14. The standard InChI is InChI=1S/C19H20FN5O4/c1-27-15-9-17(29-3)16(28-2)8-13(15)10-21-18(26)11-25-23-19(22-24-25)12-4-6-14(20)7-5-12/h4-9H,10-11H2,1-3H3,(H,21,26). The van der Waals surface area contributed by atoms with Gasteiger partial charge in [-0.15, -0.1) is 10.2 Å². The van der Waals surface area contributed by atoms with Gasteiger partial charge in [-0.1, -0.05) is 0 Å². The molecule has 2 aromatic carbocycles. The van der Waals surface area contributed by atoms with Crippen LogP contribution in [0.1, 0.15) is 5.56 Å². The van der Waals surface area contributed by atoms with E-state index in [1.54, 1.807) is 24.3 Å². The molecule has 3 aromatic rings. The first-order valence-electron chi connectivity index (χ1n) is 8.63. The van der Waals surface area contributed by atoms with E-state index < -0.39 is 0 Å². The van der Waals surface area contributed by atoms with Crippen LogP contribution in [0.25, 0.3) is 11.4 Å². The van der Waals surface area contributed by atoms with E-state index in [2.05, 4.69) is 20.7 Å². The van der Waals surface area contributed by atoms with Crippen LogP contribution in [-0.4, -0.2) is 47.4 Å². The van der Waals surface area contributed by atoms with Crippen molar-refractivity contribution in [2.24, 2.45) is 0 Å². The minimum Gasteiger partial charge on any atom is -0.496 e. The molecule has 1 heterocycles. The van der Waals surface area contributed by atoms with Crippen LogP contribution in [0, 0.1) is 5.82 Å². The molecule has 0 saturated heterocycles. The number of carbonyl (C=O) groups excluding carboxylic acids is 1. The van der Waals surface area contributed by atoms with Gasteiger partial charge >= 0.3 is 0 Å². The fourth-order valence-electron chi connectivity index (χ4n) is 2.63. The van der Waals surface area contributed by atoms with Crippen molar-refractivity contribution in [2.45, 2.75) is 13.1 Å². The SMILES string of the molecule is COc1cc(OC)c(OC)cc1CNC(=O)Cn1nnc(-c2ccc(F)cc2)n1. The van der Waals surface area contributed by atoms with Gasteiger partial charge in [-0.3, -0.25) is 4.79 Å². The Kier molecular flexibility index (Phi) is 6.22. The maximum atomic E-state index is 13.0. The molecule has 0 atom stereocenters. The Morgan fingerprint density at radius 2 is 1.69 bits per heavy atom. The largest absolute Gasteiger partial charge is 0.496 e. The Morgan fingerprint density at radius 3 is 2.34 bits per heavy atom. The third kappa shape index (κ3) is 4.78. The molecule has 152 valence electrons. The molecule has 1 amide bonds. The van der Waals surface area contributed by atoms with E-state index in [1.165, 1.54) is 38.3 Å². The molecule has 3 rings (SSSR count). The third-order valence-corrected chi connectivity index (χ3v) is 4.10. The van der Waals surface area contributed by atoms with Gasteiger partial charge in [0.05, 0.1) is 21.3 Å². The summed E-state index contributed by atoms with van der Waals surface area (Å²) >= 11 is 0. The summed E-state index contributed by atoms with van der Waals surface area (Å²) < 4.78 is 28.9. The fraction of sp³-hybridized carbons (Fsp3) is 0.263. The minimum absolute atomic E-state index is 0.121. The number of aromatic nitrogens is 4. The molecule has 1 aromatic heterocycles. The number of benzene rings is 2. The molecule has 29 heavy (non-hydrogen) atoms. The molecule has 0 radical (unpaired) electrons.